The molecule has 130 valence electrons. The molecule has 0 spiro atoms. The van der Waals surface area contributed by atoms with Crippen LogP contribution in [-0.2, 0) is 4.79 Å². The lowest BCUT2D eigenvalue weighted by Crippen LogP contribution is -2.49. The Hall–Kier alpha value is -2.31. The fourth-order valence-electron chi connectivity index (χ4n) is 3.37. The smallest absolute Gasteiger partial charge is 0.317 e. The van der Waals surface area contributed by atoms with Crippen molar-refractivity contribution in [1.29, 1.82) is 0 Å². The molecule has 2 aliphatic rings. The first kappa shape index (κ1) is 16.5. The van der Waals surface area contributed by atoms with E-state index in [2.05, 4.69) is 15.2 Å². The minimum atomic E-state index is -0.832. The Morgan fingerprint density at radius 1 is 1.29 bits per heavy atom. The number of urea groups is 1. The van der Waals surface area contributed by atoms with E-state index in [9.17, 15) is 14.7 Å². The van der Waals surface area contributed by atoms with Crippen molar-refractivity contribution in [1.82, 2.24) is 15.2 Å². The molecule has 3 heterocycles. The van der Waals surface area contributed by atoms with Gasteiger partial charge in [-0.15, -0.1) is 0 Å². The maximum Gasteiger partial charge on any atom is 0.317 e. The van der Waals surface area contributed by atoms with Gasteiger partial charge in [0, 0.05) is 38.4 Å². The number of piperidine rings is 1. The number of aliphatic carboxylic acids is 1. The Morgan fingerprint density at radius 2 is 2.04 bits per heavy atom. The van der Waals surface area contributed by atoms with Gasteiger partial charge in [-0.05, 0) is 38.3 Å². The van der Waals surface area contributed by atoms with E-state index in [4.69, 9.17) is 0 Å². The van der Waals surface area contributed by atoms with Gasteiger partial charge in [0.1, 0.15) is 5.82 Å². The Labute approximate surface area is 141 Å². The average Bonchev–Trinajstić information content (AvgIpc) is 3.00. The highest BCUT2D eigenvalue weighted by Crippen LogP contribution is 2.30. The topological polar surface area (TPSA) is 85.8 Å². The summed E-state index contributed by atoms with van der Waals surface area (Å²) in [5.74, 6) is 0.139. The van der Waals surface area contributed by atoms with Crippen LogP contribution in [0.2, 0.25) is 0 Å². The van der Waals surface area contributed by atoms with E-state index in [0.29, 0.717) is 13.0 Å². The molecular formula is C17H24N4O3. The predicted molar refractivity (Wildman–Crippen MR) is 89.9 cm³/mol. The number of nitrogens with one attached hydrogen (secondary N) is 1. The maximum absolute atomic E-state index is 12.4. The van der Waals surface area contributed by atoms with E-state index >= 15 is 0 Å². The molecule has 7 nitrogen and oxygen atoms in total. The normalized spacial score (nSPS) is 24.9. The summed E-state index contributed by atoms with van der Waals surface area (Å²) in [6, 6.07) is 5.86. The third kappa shape index (κ3) is 3.44. The van der Waals surface area contributed by atoms with Crippen LogP contribution in [0.15, 0.2) is 24.4 Å². The van der Waals surface area contributed by atoms with Crippen molar-refractivity contribution in [3.05, 3.63) is 24.4 Å². The molecule has 2 saturated heterocycles. The summed E-state index contributed by atoms with van der Waals surface area (Å²) in [4.78, 5) is 31.9. The van der Waals surface area contributed by atoms with Crippen LogP contribution in [0.5, 0.6) is 0 Å². The SMILES string of the molecule is CC1(C(=O)O)CCN(C(=O)NC2CCN(c3ccccn3)CC2)C1. The van der Waals surface area contributed by atoms with Crippen molar-refractivity contribution < 1.29 is 14.7 Å². The van der Waals surface area contributed by atoms with E-state index in [1.54, 1.807) is 18.0 Å². The van der Waals surface area contributed by atoms with Gasteiger partial charge < -0.3 is 20.2 Å². The molecule has 7 heteroatoms. The summed E-state index contributed by atoms with van der Waals surface area (Å²) >= 11 is 0. The van der Waals surface area contributed by atoms with Crippen LogP contribution < -0.4 is 10.2 Å². The van der Waals surface area contributed by atoms with Gasteiger partial charge in [-0.25, -0.2) is 9.78 Å². The highest BCUT2D eigenvalue weighted by Gasteiger charge is 2.42. The standard InChI is InChI=1S/C17H24N4O3/c1-17(15(22)23)7-11-21(12-17)16(24)19-13-5-9-20(10-6-13)14-4-2-3-8-18-14/h2-4,8,13H,5-7,9-12H2,1H3,(H,19,24)(H,22,23). The van der Waals surface area contributed by atoms with Gasteiger partial charge >= 0.3 is 12.0 Å². The molecule has 0 radical (unpaired) electrons. The van der Waals surface area contributed by atoms with Gasteiger partial charge in [0.2, 0.25) is 0 Å². The van der Waals surface area contributed by atoms with Gasteiger partial charge in [0.15, 0.2) is 0 Å². The lowest BCUT2D eigenvalue weighted by molar-refractivity contribution is -0.147. The third-order valence-corrected chi connectivity index (χ3v) is 5.07. The van der Waals surface area contributed by atoms with Crippen LogP contribution in [0.25, 0.3) is 0 Å². The lowest BCUT2D eigenvalue weighted by Gasteiger charge is -2.34. The van der Waals surface area contributed by atoms with Gasteiger partial charge in [-0.1, -0.05) is 6.07 Å². The zero-order valence-corrected chi connectivity index (χ0v) is 13.9. The van der Waals surface area contributed by atoms with E-state index in [1.807, 2.05) is 18.2 Å². The van der Waals surface area contributed by atoms with E-state index in [-0.39, 0.29) is 18.6 Å². The van der Waals surface area contributed by atoms with E-state index < -0.39 is 11.4 Å². The van der Waals surface area contributed by atoms with Crippen LogP contribution in [0.1, 0.15) is 26.2 Å². The van der Waals surface area contributed by atoms with E-state index in [0.717, 1.165) is 31.7 Å². The number of anilines is 1. The Morgan fingerprint density at radius 3 is 2.62 bits per heavy atom. The largest absolute Gasteiger partial charge is 0.481 e. The van der Waals surface area contributed by atoms with Crippen LogP contribution in [0, 0.1) is 5.41 Å². The predicted octanol–water partition coefficient (Wildman–Crippen LogP) is 1.56. The number of amides is 2. The summed E-state index contributed by atoms with van der Waals surface area (Å²) in [5.41, 5.74) is -0.820. The zero-order valence-electron chi connectivity index (χ0n) is 13.9. The number of hydrogen-bond donors (Lipinski definition) is 2. The maximum atomic E-state index is 12.4. The van der Waals surface area contributed by atoms with Crippen molar-refractivity contribution in [3.63, 3.8) is 0 Å². The molecule has 0 aromatic carbocycles. The number of carboxylic acid groups (broad SMARTS) is 1. The Balaban J connectivity index is 1.48. The minimum Gasteiger partial charge on any atom is -0.481 e. The van der Waals surface area contributed by atoms with Gasteiger partial charge in [-0.3, -0.25) is 4.79 Å². The van der Waals surface area contributed by atoms with Crippen LogP contribution in [0.3, 0.4) is 0 Å². The van der Waals surface area contributed by atoms with Gasteiger partial charge in [0.25, 0.3) is 0 Å². The quantitative estimate of drug-likeness (QED) is 0.877. The number of carbonyl (C=O) groups is 2. The van der Waals surface area contributed by atoms with Crippen molar-refractivity contribution in [3.8, 4) is 0 Å². The van der Waals surface area contributed by atoms with Crippen molar-refractivity contribution in [2.24, 2.45) is 5.41 Å². The van der Waals surface area contributed by atoms with Crippen molar-refractivity contribution in [2.75, 3.05) is 31.1 Å². The summed E-state index contributed by atoms with van der Waals surface area (Å²) < 4.78 is 0. The van der Waals surface area contributed by atoms with Crippen LogP contribution >= 0.6 is 0 Å². The van der Waals surface area contributed by atoms with Crippen LogP contribution in [-0.4, -0.2) is 59.2 Å². The first-order valence-electron chi connectivity index (χ1n) is 8.43. The monoisotopic (exact) mass is 332 g/mol. The number of rotatable bonds is 3. The Kier molecular flexibility index (Phi) is 4.59. The molecule has 2 fully saturated rings. The minimum absolute atomic E-state index is 0.133. The molecule has 3 rings (SSSR count). The zero-order chi connectivity index (χ0) is 17.2. The molecule has 2 aliphatic heterocycles. The molecular weight excluding hydrogens is 308 g/mol. The summed E-state index contributed by atoms with van der Waals surface area (Å²) in [6.45, 7) is 4.19. The molecule has 0 bridgehead atoms. The molecule has 1 aromatic heterocycles. The highest BCUT2D eigenvalue weighted by atomic mass is 16.4. The third-order valence-electron chi connectivity index (χ3n) is 5.07. The Bertz CT molecular complexity index is 601. The van der Waals surface area contributed by atoms with Crippen molar-refractivity contribution >= 4 is 17.8 Å². The molecule has 0 saturated carbocycles. The van der Waals surface area contributed by atoms with Gasteiger partial charge in [0.05, 0.1) is 5.41 Å². The molecule has 1 atom stereocenters. The number of nitrogens with zero attached hydrogens (tertiary/aromatic N) is 3. The number of carboxylic acids is 1. The van der Waals surface area contributed by atoms with Crippen LogP contribution in [0.4, 0.5) is 10.6 Å². The van der Waals surface area contributed by atoms with E-state index in [1.165, 1.54) is 0 Å². The van der Waals surface area contributed by atoms with Crippen molar-refractivity contribution in [2.45, 2.75) is 32.2 Å². The summed E-state index contributed by atoms with van der Waals surface area (Å²) in [6.07, 6.45) is 4.03. The molecule has 2 N–H and O–H groups in total. The second-order valence-corrected chi connectivity index (χ2v) is 6.94. The first-order valence-corrected chi connectivity index (χ1v) is 8.43. The average molecular weight is 332 g/mol. The molecule has 1 unspecified atom stereocenters. The fourth-order valence-corrected chi connectivity index (χ4v) is 3.37. The number of hydrogen-bond acceptors (Lipinski definition) is 4. The second kappa shape index (κ2) is 6.67. The second-order valence-electron chi connectivity index (χ2n) is 6.94. The summed E-state index contributed by atoms with van der Waals surface area (Å²) in [7, 11) is 0. The summed E-state index contributed by atoms with van der Waals surface area (Å²) in [5, 5.41) is 12.3. The molecule has 0 aliphatic carbocycles. The lowest BCUT2D eigenvalue weighted by atomic mass is 9.90. The van der Waals surface area contributed by atoms with Gasteiger partial charge in [-0.2, -0.15) is 0 Å². The number of likely N-dealkylation sites (tertiary alicyclic amines) is 1. The first-order chi connectivity index (χ1) is 11.5. The number of pyridine rings is 1. The molecule has 1 aromatic rings. The number of aromatic nitrogens is 1. The molecule has 2 amide bonds. The number of carbonyl (C=O) groups excluding carboxylic acids is 1. The molecule has 24 heavy (non-hydrogen) atoms. The highest BCUT2D eigenvalue weighted by molar-refractivity contribution is 5.79. The fraction of sp³-hybridized carbons (Fsp3) is 0.588.